The van der Waals surface area contributed by atoms with E-state index in [4.69, 9.17) is 11.6 Å². The first-order valence-electron chi connectivity index (χ1n) is 9.40. The van der Waals surface area contributed by atoms with Crippen molar-refractivity contribution in [2.45, 2.75) is 45.2 Å². The number of likely N-dealkylation sites (tertiary alicyclic amines) is 1. The van der Waals surface area contributed by atoms with E-state index in [1.807, 2.05) is 59.5 Å². The summed E-state index contributed by atoms with van der Waals surface area (Å²) in [7, 11) is 0. The van der Waals surface area contributed by atoms with Gasteiger partial charge in [0.2, 0.25) is 5.91 Å². The van der Waals surface area contributed by atoms with E-state index in [0.717, 1.165) is 37.2 Å². The molecule has 2 aromatic rings. The molecule has 1 amide bonds. The molecule has 1 aliphatic heterocycles. The maximum absolute atomic E-state index is 13.2. The van der Waals surface area contributed by atoms with Crippen LogP contribution < -0.4 is 17.3 Å². The quantitative estimate of drug-likeness (QED) is 0.756. The molecule has 3 rings (SSSR count). The van der Waals surface area contributed by atoms with Crippen molar-refractivity contribution in [3.63, 3.8) is 0 Å². The first-order chi connectivity index (χ1) is 12.5. The molecule has 27 heavy (non-hydrogen) atoms. The highest BCUT2D eigenvalue weighted by molar-refractivity contribution is 6.30. The molecule has 0 radical (unpaired) electrons. The summed E-state index contributed by atoms with van der Waals surface area (Å²) in [4.78, 5) is 17.7. The van der Waals surface area contributed by atoms with Gasteiger partial charge in [-0.3, -0.25) is 4.79 Å². The zero-order valence-corrected chi connectivity index (χ0v) is 17.5. The average molecular weight is 407 g/mol. The van der Waals surface area contributed by atoms with Crippen LogP contribution in [0.2, 0.25) is 5.02 Å². The molecule has 0 unspecified atom stereocenters. The van der Waals surface area contributed by atoms with Crippen molar-refractivity contribution in [3.8, 4) is 0 Å². The third kappa shape index (κ3) is 5.71. The van der Waals surface area contributed by atoms with E-state index < -0.39 is 0 Å². The van der Waals surface area contributed by atoms with Crippen LogP contribution in [0.3, 0.4) is 0 Å². The SMILES string of the molecule is CC(C)N1CCC(N(C(=O)Cc2ccccc2)c2ccc(Cl)cc2)CC1.[Cl-].[H+]. The second-order valence-electron chi connectivity index (χ2n) is 7.26. The lowest BCUT2D eigenvalue weighted by atomic mass is 10.00. The number of nitrogens with zero attached hydrogens (tertiary/aromatic N) is 2. The molecule has 0 spiro atoms. The molecule has 1 saturated heterocycles. The Morgan fingerprint density at radius 3 is 2.26 bits per heavy atom. The number of hydrogen-bond donors (Lipinski definition) is 0. The Morgan fingerprint density at radius 1 is 1.11 bits per heavy atom. The fraction of sp³-hybridized carbons (Fsp3) is 0.409. The van der Waals surface area contributed by atoms with Gasteiger partial charge in [0, 0.05) is 35.9 Å². The third-order valence-electron chi connectivity index (χ3n) is 5.17. The standard InChI is InChI=1S/C22H27ClN2O.ClH/c1-17(2)24-14-12-21(13-15-24)25(20-10-8-19(23)9-11-20)22(26)16-18-6-4-3-5-7-18;/h3-11,17,21H,12-16H2,1-2H3;1H. The summed E-state index contributed by atoms with van der Waals surface area (Å²) in [5.41, 5.74) is 1.99. The van der Waals surface area contributed by atoms with Gasteiger partial charge < -0.3 is 22.2 Å². The van der Waals surface area contributed by atoms with Crippen LogP contribution in [0.4, 0.5) is 5.69 Å². The van der Waals surface area contributed by atoms with Crippen LogP contribution in [0.5, 0.6) is 0 Å². The number of carbonyl (C=O) groups excluding carboxylic acids is 1. The van der Waals surface area contributed by atoms with E-state index >= 15 is 0 Å². The van der Waals surface area contributed by atoms with Gasteiger partial charge in [0.1, 0.15) is 0 Å². The summed E-state index contributed by atoms with van der Waals surface area (Å²) in [6.07, 6.45) is 2.43. The predicted molar refractivity (Wildman–Crippen MR) is 110 cm³/mol. The van der Waals surface area contributed by atoms with Crippen LogP contribution in [-0.2, 0) is 11.2 Å². The largest absolute Gasteiger partial charge is 1.00 e. The van der Waals surface area contributed by atoms with E-state index in [1.165, 1.54) is 0 Å². The van der Waals surface area contributed by atoms with Crippen molar-refractivity contribution >= 4 is 23.2 Å². The molecule has 2 aromatic carbocycles. The van der Waals surface area contributed by atoms with Crippen molar-refractivity contribution in [1.82, 2.24) is 4.90 Å². The monoisotopic (exact) mass is 406 g/mol. The molecule has 0 atom stereocenters. The Morgan fingerprint density at radius 2 is 1.70 bits per heavy atom. The maximum Gasteiger partial charge on any atom is 1.00 e. The molecule has 0 saturated carbocycles. The molecule has 1 aliphatic rings. The highest BCUT2D eigenvalue weighted by atomic mass is 35.5. The van der Waals surface area contributed by atoms with E-state index in [2.05, 4.69) is 18.7 Å². The van der Waals surface area contributed by atoms with Gasteiger partial charge in [-0.25, -0.2) is 0 Å². The lowest BCUT2D eigenvalue weighted by Gasteiger charge is -2.40. The number of halogens is 2. The molecule has 1 heterocycles. The molecule has 3 nitrogen and oxygen atoms in total. The predicted octanol–water partition coefficient (Wildman–Crippen LogP) is 1.90. The van der Waals surface area contributed by atoms with Gasteiger partial charge in [-0.1, -0.05) is 41.9 Å². The van der Waals surface area contributed by atoms with Crippen LogP contribution >= 0.6 is 11.6 Å². The van der Waals surface area contributed by atoms with Gasteiger partial charge in [-0.15, -0.1) is 0 Å². The zero-order chi connectivity index (χ0) is 18.5. The van der Waals surface area contributed by atoms with Gasteiger partial charge >= 0.3 is 1.43 Å². The van der Waals surface area contributed by atoms with Crippen LogP contribution in [0, 0.1) is 0 Å². The Hall–Kier alpha value is -1.55. The number of hydrogen-bond acceptors (Lipinski definition) is 2. The third-order valence-corrected chi connectivity index (χ3v) is 5.42. The fourth-order valence-corrected chi connectivity index (χ4v) is 3.80. The molecule has 5 heteroatoms. The van der Waals surface area contributed by atoms with E-state index in [-0.39, 0.29) is 25.8 Å². The van der Waals surface area contributed by atoms with Crippen molar-refractivity contribution in [1.29, 1.82) is 0 Å². The number of piperidine rings is 1. The van der Waals surface area contributed by atoms with Gasteiger partial charge in [-0.05, 0) is 56.5 Å². The summed E-state index contributed by atoms with van der Waals surface area (Å²) in [5.74, 6) is 0.154. The number of carbonyl (C=O) groups is 1. The number of rotatable bonds is 5. The minimum absolute atomic E-state index is 0. The summed E-state index contributed by atoms with van der Waals surface area (Å²) < 4.78 is 0. The van der Waals surface area contributed by atoms with Gasteiger partial charge in [-0.2, -0.15) is 0 Å². The van der Waals surface area contributed by atoms with Crippen LogP contribution in [0.25, 0.3) is 0 Å². The first kappa shape index (κ1) is 21.7. The Balaban J connectivity index is 0.00000196. The number of benzene rings is 2. The second-order valence-corrected chi connectivity index (χ2v) is 7.70. The van der Waals surface area contributed by atoms with E-state index in [0.29, 0.717) is 17.5 Å². The van der Waals surface area contributed by atoms with Crippen molar-refractivity contribution in [2.24, 2.45) is 0 Å². The molecule has 0 aliphatic carbocycles. The summed E-state index contributed by atoms with van der Waals surface area (Å²) in [6.45, 7) is 6.53. The topological polar surface area (TPSA) is 23.6 Å². The molecular formula is C22H28Cl2N2O. The Kier molecular flexibility index (Phi) is 8.15. The fourth-order valence-electron chi connectivity index (χ4n) is 3.68. The zero-order valence-electron chi connectivity index (χ0n) is 16.9. The summed E-state index contributed by atoms with van der Waals surface area (Å²) in [6, 6.07) is 18.4. The van der Waals surface area contributed by atoms with Crippen LogP contribution in [0.1, 0.15) is 33.7 Å². The Labute approximate surface area is 175 Å². The van der Waals surface area contributed by atoms with E-state index in [1.54, 1.807) is 0 Å². The first-order valence-corrected chi connectivity index (χ1v) is 9.78. The molecular weight excluding hydrogens is 379 g/mol. The lowest BCUT2D eigenvalue weighted by molar-refractivity contribution is -0.118. The minimum atomic E-state index is 0. The summed E-state index contributed by atoms with van der Waals surface area (Å²) >= 11 is 6.06. The molecule has 1 fully saturated rings. The highest BCUT2D eigenvalue weighted by Crippen LogP contribution is 2.27. The normalized spacial score (nSPS) is 15.4. The molecule has 146 valence electrons. The highest BCUT2D eigenvalue weighted by Gasteiger charge is 2.29. The van der Waals surface area contributed by atoms with Gasteiger partial charge in [0.05, 0.1) is 6.42 Å². The molecule has 0 aromatic heterocycles. The summed E-state index contributed by atoms with van der Waals surface area (Å²) in [5, 5.41) is 0.693. The second kappa shape index (κ2) is 10.1. The maximum atomic E-state index is 13.2. The van der Waals surface area contributed by atoms with Crippen molar-refractivity contribution in [2.75, 3.05) is 18.0 Å². The van der Waals surface area contributed by atoms with Crippen LogP contribution in [-0.4, -0.2) is 36.0 Å². The van der Waals surface area contributed by atoms with E-state index in [9.17, 15) is 4.79 Å². The van der Waals surface area contributed by atoms with Crippen molar-refractivity contribution in [3.05, 3.63) is 65.2 Å². The number of amides is 1. The minimum Gasteiger partial charge on any atom is -1.00 e. The van der Waals surface area contributed by atoms with Crippen molar-refractivity contribution < 1.29 is 18.6 Å². The number of anilines is 1. The average Bonchev–Trinajstić information content (AvgIpc) is 2.65. The molecule has 0 N–H and O–H groups in total. The van der Waals surface area contributed by atoms with Gasteiger partial charge in [0.15, 0.2) is 0 Å². The molecule has 0 bridgehead atoms. The lowest BCUT2D eigenvalue weighted by Crippen LogP contribution is -3.00. The smallest absolute Gasteiger partial charge is 1.00 e. The van der Waals surface area contributed by atoms with Gasteiger partial charge in [0.25, 0.3) is 0 Å². The Bertz CT molecular complexity index is 717. The van der Waals surface area contributed by atoms with Crippen LogP contribution in [0.15, 0.2) is 54.6 Å².